The number of hydrogen-bond donors (Lipinski definition) is 0. The maximum Gasteiger partial charge on any atom is 0.306 e. The molecule has 0 rings (SSSR count). The van der Waals surface area contributed by atoms with Gasteiger partial charge in [-0.2, -0.15) is 0 Å². The van der Waals surface area contributed by atoms with Gasteiger partial charge in [0, 0.05) is 19.3 Å². The van der Waals surface area contributed by atoms with Crippen LogP contribution in [0.15, 0.2) is 85.1 Å². The van der Waals surface area contributed by atoms with E-state index in [4.69, 9.17) is 14.2 Å². The first kappa shape index (κ1) is 51.6. The van der Waals surface area contributed by atoms with Crippen molar-refractivity contribution >= 4 is 17.9 Å². The number of carbonyl (C=O) groups is 3. The highest BCUT2D eigenvalue weighted by Gasteiger charge is 2.19. The molecule has 1 atom stereocenters. The van der Waals surface area contributed by atoms with Crippen LogP contribution in [0, 0.1) is 0 Å². The van der Waals surface area contributed by atoms with Crippen LogP contribution in [-0.4, -0.2) is 37.2 Å². The first-order chi connectivity index (χ1) is 27.0. The number of unbranched alkanes of at least 4 members (excludes halogenated alkanes) is 14. The maximum absolute atomic E-state index is 12.7. The zero-order valence-electron chi connectivity index (χ0n) is 35.4. The molecule has 0 radical (unpaired) electrons. The van der Waals surface area contributed by atoms with Gasteiger partial charge in [0.2, 0.25) is 0 Å². The zero-order chi connectivity index (χ0) is 40.1. The molecule has 0 heterocycles. The van der Waals surface area contributed by atoms with Crippen molar-refractivity contribution in [2.24, 2.45) is 0 Å². The molecule has 6 nitrogen and oxygen atoms in total. The van der Waals surface area contributed by atoms with Gasteiger partial charge in [-0.3, -0.25) is 14.4 Å². The van der Waals surface area contributed by atoms with Gasteiger partial charge in [-0.05, 0) is 70.6 Å². The summed E-state index contributed by atoms with van der Waals surface area (Å²) in [6.07, 6.45) is 54.4. The van der Waals surface area contributed by atoms with Gasteiger partial charge in [0.15, 0.2) is 6.10 Å². The van der Waals surface area contributed by atoms with Gasteiger partial charge in [-0.1, -0.05) is 183 Å². The highest BCUT2D eigenvalue weighted by atomic mass is 16.6. The van der Waals surface area contributed by atoms with Crippen molar-refractivity contribution in [2.45, 2.75) is 194 Å². The fourth-order valence-corrected chi connectivity index (χ4v) is 5.58. The van der Waals surface area contributed by atoms with Gasteiger partial charge in [0.1, 0.15) is 13.2 Å². The third kappa shape index (κ3) is 41.6. The molecule has 0 saturated carbocycles. The summed E-state index contributed by atoms with van der Waals surface area (Å²) in [5.41, 5.74) is 0. The van der Waals surface area contributed by atoms with Gasteiger partial charge in [0.25, 0.3) is 0 Å². The average Bonchev–Trinajstić information content (AvgIpc) is 3.18. The van der Waals surface area contributed by atoms with Crippen molar-refractivity contribution in [3.63, 3.8) is 0 Å². The third-order valence-electron chi connectivity index (χ3n) is 8.93. The quantitative estimate of drug-likeness (QED) is 0.0205. The number of carbonyl (C=O) groups excluding carboxylic acids is 3. The lowest BCUT2D eigenvalue weighted by Crippen LogP contribution is -2.30. The fraction of sp³-hybridized carbons (Fsp3) is 0.653. The predicted octanol–water partition coefficient (Wildman–Crippen LogP) is 14.1. The Morgan fingerprint density at radius 2 is 0.818 bits per heavy atom. The summed E-state index contributed by atoms with van der Waals surface area (Å²) in [7, 11) is 0. The number of hydrogen-bond acceptors (Lipinski definition) is 6. The van der Waals surface area contributed by atoms with Crippen molar-refractivity contribution in [2.75, 3.05) is 13.2 Å². The van der Waals surface area contributed by atoms with E-state index in [-0.39, 0.29) is 44.0 Å². The van der Waals surface area contributed by atoms with E-state index in [1.54, 1.807) is 0 Å². The lowest BCUT2D eigenvalue weighted by Gasteiger charge is -2.18. The zero-order valence-corrected chi connectivity index (χ0v) is 35.4. The number of rotatable bonds is 38. The minimum atomic E-state index is -0.816. The first-order valence-corrected chi connectivity index (χ1v) is 22.1. The van der Waals surface area contributed by atoms with Crippen LogP contribution in [0.5, 0.6) is 0 Å². The van der Waals surface area contributed by atoms with Crippen molar-refractivity contribution in [3.8, 4) is 0 Å². The number of ether oxygens (including phenoxy) is 3. The molecule has 0 aliphatic rings. The van der Waals surface area contributed by atoms with E-state index in [1.807, 2.05) is 12.2 Å². The number of allylic oxidation sites excluding steroid dienone is 14. The highest BCUT2D eigenvalue weighted by Crippen LogP contribution is 2.12. The molecule has 0 spiro atoms. The molecule has 312 valence electrons. The minimum Gasteiger partial charge on any atom is -0.462 e. The second-order valence-corrected chi connectivity index (χ2v) is 14.3. The largest absolute Gasteiger partial charge is 0.462 e. The Balaban J connectivity index is 4.53. The van der Waals surface area contributed by atoms with Gasteiger partial charge in [-0.15, -0.1) is 0 Å². The summed E-state index contributed by atoms with van der Waals surface area (Å²) in [5, 5.41) is 0. The molecule has 0 N–H and O–H groups in total. The second kappa shape index (κ2) is 43.3. The Morgan fingerprint density at radius 3 is 1.35 bits per heavy atom. The van der Waals surface area contributed by atoms with Crippen LogP contribution < -0.4 is 0 Å². The molecule has 0 aliphatic carbocycles. The maximum atomic E-state index is 12.7. The van der Waals surface area contributed by atoms with Gasteiger partial charge in [-0.25, -0.2) is 0 Å². The number of esters is 3. The molecule has 0 aromatic carbocycles. The van der Waals surface area contributed by atoms with Crippen molar-refractivity contribution in [1.29, 1.82) is 0 Å². The summed E-state index contributed by atoms with van der Waals surface area (Å²) >= 11 is 0. The Morgan fingerprint density at radius 1 is 0.400 bits per heavy atom. The van der Waals surface area contributed by atoms with E-state index < -0.39 is 6.10 Å². The SMILES string of the molecule is CC/C=C\C/C=C\C/C=C\C/C=C\C/C=C\CCC(=O)OCC(COC(=O)CCCCCCCCCCCC)OC(=O)CCCCC/C=C\C=C/CCCC. The molecule has 1 unspecified atom stereocenters. The van der Waals surface area contributed by atoms with Crippen LogP contribution in [0.4, 0.5) is 0 Å². The van der Waals surface area contributed by atoms with E-state index in [0.717, 1.165) is 83.5 Å². The van der Waals surface area contributed by atoms with Gasteiger partial charge in [0.05, 0.1) is 0 Å². The van der Waals surface area contributed by atoms with Crippen LogP contribution in [0.3, 0.4) is 0 Å². The minimum absolute atomic E-state index is 0.110. The van der Waals surface area contributed by atoms with E-state index in [2.05, 4.69) is 93.7 Å². The Labute approximate surface area is 337 Å². The Hall–Kier alpha value is -3.41. The molecular weight excluding hydrogens is 685 g/mol. The van der Waals surface area contributed by atoms with E-state index in [1.165, 1.54) is 57.8 Å². The van der Waals surface area contributed by atoms with Crippen molar-refractivity contribution in [3.05, 3.63) is 85.1 Å². The van der Waals surface area contributed by atoms with E-state index >= 15 is 0 Å². The smallest absolute Gasteiger partial charge is 0.306 e. The topological polar surface area (TPSA) is 78.9 Å². The lowest BCUT2D eigenvalue weighted by molar-refractivity contribution is -0.166. The van der Waals surface area contributed by atoms with Gasteiger partial charge < -0.3 is 14.2 Å². The molecule has 0 bridgehead atoms. The van der Waals surface area contributed by atoms with Crippen LogP contribution in [0.1, 0.15) is 188 Å². The fourth-order valence-electron chi connectivity index (χ4n) is 5.58. The molecule has 0 amide bonds. The summed E-state index contributed by atoms with van der Waals surface area (Å²) in [5.74, 6) is -1.04. The first-order valence-electron chi connectivity index (χ1n) is 22.1. The van der Waals surface area contributed by atoms with Crippen LogP contribution in [0.25, 0.3) is 0 Å². The molecule has 0 aliphatic heterocycles. The summed E-state index contributed by atoms with van der Waals surface area (Å²) in [6.45, 7) is 6.34. The molecule has 6 heteroatoms. The Kier molecular flexibility index (Phi) is 40.6. The molecule has 0 saturated heterocycles. The normalized spacial score (nSPS) is 12.9. The third-order valence-corrected chi connectivity index (χ3v) is 8.93. The molecule has 0 fully saturated rings. The van der Waals surface area contributed by atoms with Crippen LogP contribution in [0.2, 0.25) is 0 Å². The summed E-state index contributed by atoms with van der Waals surface area (Å²) < 4.78 is 16.6. The van der Waals surface area contributed by atoms with Crippen molar-refractivity contribution in [1.82, 2.24) is 0 Å². The highest BCUT2D eigenvalue weighted by molar-refractivity contribution is 5.71. The molecular formula is C49H80O6. The lowest BCUT2D eigenvalue weighted by atomic mass is 10.1. The molecule has 0 aromatic heterocycles. The van der Waals surface area contributed by atoms with E-state index in [9.17, 15) is 14.4 Å². The van der Waals surface area contributed by atoms with Crippen LogP contribution >= 0.6 is 0 Å². The monoisotopic (exact) mass is 765 g/mol. The van der Waals surface area contributed by atoms with Gasteiger partial charge >= 0.3 is 17.9 Å². The average molecular weight is 765 g/mol. The summed E-state index contributed by atoms with van der Waals surface area (Å²) in [4.78, 5) is 37.6. The standard InChI is InChI=1S/C49H80O6/c1-4-7-10-13-16-19-22-23-24-25-26-28-30-33-36-39-42-48(51)54-45-46(44-53-47(50)41-38-35-32-29-21-18-15-12-9-6-3)55-49(52)43-40-37-34-31-27-20-17-14-11-8-5-2/h7,10,14,16-17,19-20,23-24,26-28,33,36,46H,4-6,8-9,11-13,15,18,21-22,25,29-32,34-35,37-45H2,1-3H3/b10-7-,17-14-,19-16-,24-23-,27-20-,28-26-,36-33-. The predicted molar refractivity (Wildman–Crippen MR) is 233 cm³/mol. The molecule has 55 heavy (non-hydrogen) atoms. The summed E-state index contributed by atoms with van der Waals surface area (Å²) in [6, 6.07) is 0. The van der Waals surface area contributed by atoms with E-state index in [0.29, 0.717) is 12.8 Å². The Bertz CT molecular complexity index is 1110. The second-order valence-electron chi connectivity index (χ2n) is 14.3. The van der Waals surface area contributed by atoms with Crippen molar-refractivity contribution < 1.29 is 28.6 Å². The van der Waals surface area contributed by atoms with Crippen LogP contribution in [-0.2, 0) is 28.6 Å². The molecule has 0 aromatic rings.